The van der Waals surface area contributed by atoms with E-state index in [0.717, 1.165) is 6.07 Å². The van der Waals surface area contributed by atoms with Crippen LogP contribution in [0.25, 0.3) is 0 Å². The third-order valence-electron chi connectivity index (χ3n) is 2.26. The Hall–Kier alpha value is -2.37. The highest BCUT2D eigenvalue weighted by molar-refractivity contribution is 6.04. The molecular formula is C11H10FN3O2. The summed E-state index contributed by atoms with van der Waals surface area (Å²) < 4.78 is 14.8. The van der Waals surface area contributed by atoms with Crippen molar-refractivity contribution in [3.63, 3.8) is 0 Å². The number of aromatic hydroxyl groups is 1. The van der Waals surface area contributed by atoms with E-state index >= 15 is 0 Å². The van der Waals surface area contributed by atoms with E-state index in [2.05, 4.69) is 10.4 Å². The smallest absolute Gasteiger partial charge is 0.259 e. The second kappa shape index (κ2) is 4.25. The summed E-state index contributed by atoms with van der Waals surface area (Å²) in [7, 11) is 1.66. The van der Waals surface area contributed by atoms with Gasteiger partial charge in [0, 0.05) is 19.2 Å². The van der Waals surface area contributed by atoms with E-state index in [9.17, 15) is 9.18 Å². The summed E-state index contributed by atoms with van der Waals surface area (Å²) in [6.07, 6.45) is 1.52. The number of nitrogens with zero attached hydrogens (tertiary/aromatic N) is 2. The van der Waals surface area contributed by atoms with Crippen LogP contribution in [0.3, 0.4) is 0 Å². The molecule has 0 bridgehead atoms. The summed E-state index contributed by atoms with van der Waals surface area (Å²) in [6, 6.07) is 4.95. The Balaban J connectivity index is 2.23. The predicted molar refractivity (Wildman–Crippen MR) is 59.2 cm³/mol. The van der Waals surface area contributed by atoms with Crippen molar-refractivity contribution in [1.82, 2.24) is 9.78 Å². The number of amides is 1. The van der Waals surface area contributed by atoms with Crippen molar-refractivity contribution < 1.29 is 14.3 Å². The fourth-order valence-electron chi connectivity index (χ4n) is 1.37. The van der Waals surface area contributed by atoms with E-state index < -0.39 is 11.7 Å². The third-order valence-corrected chi connectivity index (χ3v) is 2.26. The summed E-state index contributed by atoms with van der Waals surface area (Å²) in [5.41, 5.74) is -0.135. The van der Waals surface area contributed by atoms with Gasteiger partial charge in [-0.15, -0.1) is 0 Å². The van der Waals surface area contributed by atoms with Crippen LogP contribution in [0, 0.1) is 5.82 Å². The van der Waals surface area contributed by atoms with Crippen molar-refractivity contribution in [2.45, 2.75) is 0 Å². The molecule has 0 unspecified atom stereocenters. The number of hydrogen-bond donors (Lipinski definition) is 2. The highest BCUT2D eigenvalue weighted by Gasteiger charge is 2.13. The molecule has 5 nitrogen and oxygen atoms in total. The molecule has 2 N–H and O–H groups in total. The average molecular weight is 235 g/mol. The first-order chi connectivity index (χ1) is 8.08. The lowest BCUT2D eigenvalue weighted by Crippen LogP contribution is -2.15. The molecule has 0 saturated carbocycles. The van der Waals surface area contributed by atoms with Crippen LogP contribution in [-0.2, 0) is 7.05 Å². The molecule has 17 heavy (non-hydrogen) atoms. The number of rotatable bonds is 2. The molecule has 0 atom stereocenters. The van der Waals surface area contributed by atoms with Gasteiger partial charge in [-0.3, -0.25) is 9.48 Å². The SMILES string of the molecule is Cn1nccc1NC(=O)c1ccc(O)cc1F. The van der Waals surface area contributed by atoms with Gasteiger partial charge in [-0.25, -0.2) is 4.39 Å². The normalized spacial score (nSPS) is 10.2. The number of phenolic OH excluding ortho intramolecular Hbond substituents is 1. The van der Waals surface area contributed by atoms with Gasteiger partial charge in [0.15, 0.2) is 0 Å². The zero-order valence-electron chi connectivity index (χ0n) is 9.01. The molecule has 6 heteroatoms. The van der Waals surface area contributed by atoms with Gasteiger partial charge in [0.2, 0.25) is 0 Å². The first-order valence-electron chi connectivity index (χ1n) is 4.86. The standard InChI is InChI=1S/C11H10FN3O2/c1-15-10(4-5-13-15)14-11(17)8-3-2-7(16)6-9(8)12/h2-6,16H,1H3,(H,14,17). The van der Waals surface area contributed by atoms with Gasteiger partial charge in [-0.2, -0.15) is 5.10 Å². The molecule has 0 aliphatic carbocycles. The Morgan fingerprint density at radius 1 is 1.47 bits per heavy atom. The molecule has 2 rings (SSSR count). The minimum absolute atomic E-state index is 0.135. The number of phenols is 1. The number of carbonyl (C=O) groups is 1. The van der Waals surface area contributed by atoms with Gasteiger partial charge in [-0.1, -0.05) is 0 Å². The molecule has 0 aliphatic heterocycles. The van der Waals surface area contributed by atoms with E-state index in [1.807, 2.05) is 0 Å². The van der Waals surface area contributed by atoms with E-state index in [1.165, 1.54) is 23.0 Å². The highest BCUT2D eigenvalue weighted by atomic mass is 19.1. The van der Waals surface area contributed by atoms with Crippen LogP contribution in [0.15, 0.2) is 30.5 Å². The van der Waals surface area contributed by atoms with Crippen molar-refractivity contribution in [2.75, 3.05) is 5.32 Å². The average Bonchev–Trinajstić information content (AvgIpc) is 2.64. The summed E-state index contributed by atoms with van der Waals surface area (Å²) in [5, 5.41) is 15.4. The molecular weight excluding hydrogens is 225 g/mol. The predicted octanol–water partition coefficient (Wildman–Crippen LogP) is 1.52. The largest absolute Gasteiger partial charge is 0.508 e. The number of halogens is 1. The first kappa shape index (κ1) is 11.1. The topological polar surface area (TPSA) is 67.2 Å². The lowest BCUT2D eigenvalue weighted by atomic mass is 10.2. The lowest BCUT2D eigenvalue weighted by molar-refractivity contribution is 0.102. The van der Waals surface area contributed by atoms with E-state index in [0.29, 0.717) is 5.82 Å². The molecule has 0 spiro atoms. The van der Waals surface area contributed by atoms with Crippen molar-refractivity contribution in [1.29, 1.82) is 0 Å². The molecule has 1 amide bonds. The van der Waals surface area contributed by atoms with Crippen LogP contribution in [-0.4, -0.2) is 20.8 Å². The van der Waals surface area contributed by atoms with Crippen LogP contribution in [0.2, 0.25) is 0 Å². The maximum absolute atomic E-state index is 13.4. The third kappa shape index (κ3) is 2.25. The molecule has 88 valence electrons. The fourth-order valence-corrected chi connectivity index (χ4v) is 1.37. The van der Waals surface area contributed by atoms with Crippen LogP contribution < -0.4 is 5.32 Å². The van der Waals surface area contributed by atoms with E-state index in [1.54, 1.807) is 13.1 Å². The summed E-state index contributed by atoms with van der Waals surface area (Å²) >= 11 is 0. The zero-order chi connectivity index (χ0) is 12.4. The van der Waals surface area contributed by atoms with Crippen LogP contribution in [0.4, 0.5) is 10.2 Å². The van der Waals surface area contributed by atoms with Gasteiger partial charge in [0.25, 0.3) is 5.91 Å². The summed E-state index contributed by atoms with van der Waals surface area (Å²) in [4.78, 5) is 11.7. The number of nitrogens with one attached hydrogen (secondary N) is 1. The number of aryl methyl sites for hydroxylation is 1. The molecule has 0 aliphatic rings. The first-order valence-corrected chi connectivity index (χ1v) is 4.86. The monoisotopic (exact) mass is 235 g/mol. The van der Waals surface area contributed by atoms with E-state index in [4.69, 9.17) is 5.11 Å². The van der Waals surface area contributed by atoms with Gasteiger partial charge in [-0.05, 0) is 12.1 Å². The van der Waals surface area contributed by atoms with Gasteiger partial charge < -0.3 is 10.4 Å². The Labute approximate surface area is 96.5 Å². The van der Waals surface area contributed by atoms with Crippen LogP contribution in [0.1, 0.15) is 10.4 Å². The second-order valence-electron chi connectivity index (χ2n) is 3.46. The molecule has 0 saturated heterocycles. The quantitative estimate of drug-likeness (QED) is 0.829. The van der Waals surface area contributed by atoms with Crippen molar-refractivity contribution in [3.8, 4) is 5.75 Å². The Morgan fingerprint density at radius 3 is 2.82 bits per heavy atom. The lowest BCUT2D eigenvalue weighted by Gasteiger charge is -2.06. The highest BCUT2D eigenvalue weighted by Crippen LogP contribution is 2.16. The number of benzene rings is 1. The number of aromatic nitrogens is 2. The molecule has 1 aromatic heterocycles. The van der Waals surface area contributed by atoms with Gasteiger partial charge in [0.05, 0.1) is 11.8 Å². The number of carbonyl (C=O) groups excluding carboxylic acids is 1. The molecule has 0 fully saturated rings. The van der Waals surface area contributed by atoms with Crippen molar-refractivity contribution >= 4 is 11.7 Å². The van der Waals surface area contributed by atoms with Gasteiger partial charge in [0.1, 0.15) is 17.4 Å². The Bertz CT molecular complexity index is 566. The van der Waals surface area contributed by atoms with Crippen molar-refractivity contribution in [3.05, 3.63) is 41.8 Å². The maximum atomic E-state index is 13.4. The zero-order valence-corrected chi connectivity index (χ0v) is 9.01. The summed E-state index contributed by atoms with van der Waals surface area (Å²) in [6.45, 7) is 0. The molecule has 1 heterocycles. The van der Waals surface area contributed by atoms with Crippen molar-refractivity contribution in [2.24, 2.45) is 7.05 Å². The minimum Gasteiger partial charge on any atom is -0.508 e. The number of anilines is 1. The molecule has 1 aromatic carbocycles. The van der Waals surface area contributed by atoms with Crippen LogP contribution >= 0.6 is 0 Å². The van der Waals surface area contributed by atoms with Crippen LogP contribution in [0.5, 0.6) is 5.75 Å². The minimum atomic E-state index is -0.773. The molecule has 0 radical (unpaired) electrons. The van der Waals surface area contributed by atoms with Gasteiger partial charge >= 0.3 is 0 Å². The fraction of sp³-hybridized carbons (Fsp3) is 0.0909. The van der Waals surface area contributed by atoms with E-state index in [-0.39, 0.29) is 11.3 Å². The number of hydrogen-bond acceptors (Lipinski definition) is 3. The molecule has 2 aromatic rings. The Kier molecular flexibility index (Phi) is 2.78. The maximum Gasteiger partial charge on any atom is 0.259 e. The second-order valence-corrected chi connectivity index (χ2v) is 3.46. The summed E-state index contributed by atoms with van der Waals surface area (Å²) in [5.74, 6) is -1.13. The Morgan fingerprint density at radius 2 is 2.24 bits per heavy atom.